The van der Waals surface area contributed by atoms with Crippen molar-refractivity contribution in [2.45, 2.75) is 6.18 Å². The summed E-state index contributed by atoms with van der Waals surface area (Å²) in [6.45, 7) is 0. The molecule has 12 heavy (non-hydrogen) atoms. The van der Waals surface area contributed by atoms with Gasteiger partial charge in [0.05, 0.1) is 5.56 Å². The molecule has 0 nitrogen and oxygen atoms in total. The van der Waals surface area contributed by atoms with Crippen molar-refractivity contribution >= 4 is 29.2 Å². The van der Waals surface area contributed by atoms with Crippen molar-refractivity contribution in [1.29, 1.82) is 0 Å². The molecule has 0 bridgehead atoms. The Morgan fingerprint density at radius 1 is 1.25 bits per heavy atom. The first kappa shape index (κ1) is 9.64. The summed E-state index contributed by atoms with van der Waals surface area (Å²) in [6.07, 6.45) is -4.32. The fourth-order valence-electron chi connectivity index (χ4n) is 0.720. The molecule has 1 aromatic rings. The van der Waals surface area contributed by atoms with E-state index >= 15 is 0 Å². The predicted molar refractivity (Wildman–Crippen MR) is 44.5 cm³/mol. The minimum atomic E-state index is -4.32. The summed E-state index contributed by atoms with van der Waals surface area (Å²) >= 11 is 3.00. The third-order valence-corrected chi connectivity index (χ3v) is 2.05. The Labute approximate surface area is 77.3 Å². The molecule has 0 fully saturated rings. The van der Waals surface area contributed by atoms with Crippen molar-refractivity contribution in [3.63, 3.8) is 0 Å². The highest BCUT2D eigenvalue weighted by molar-refractivity contribution is 9.10. The van der Waals surface area contributed by atoms with Crippen molar-refractivity contribution in [2.24, 2.45) is 0 Å². The Hall–Kier alpha value is -0.445. The molecule has 1 aromatic carbocycles. The SMILES string of the molecule is [B]c1cc(C(F)(F)F)ccc1Br. The topological polar surface area (TPSA) is 0 Å². The van der Waals surface area contributed by atoms with Gasteiger partial charge in [-0.3, -0.25) is 0 Å². The van der Waals surface area contributed by atoms with Crippen LogP contribution in [0.3, 0.4) is 0 Å². The minimum absolute atomic E-state index is 0.0878. The van der Waals surface area contributed by atoms with Gasteiger partial charge in [0.1, 0.15) is 7.85 Å². The highest BCUT2D eigenvalue weighted by Gasteiger charge is 2.30. The second kappa shape index (κ2) is 3.13. The van der Waals surface area contributed by atoms with Gasteiger partial charge < -0.3 is 0 Å². The van der Waals surface area contributed by atoms with E-state index in [9.17, 15) is 13.2 Å². The number of hydrogen-bond donors (Lipinski definition) is 0. The average Bonchev–Trinajstić information content (AvgIpc) is 1.92. The molecule has 0 amide bonds. The smallest absolute Gasteiger partial charge is 0.166 e. The van der Waals surface area contributed by atoms with Crippen LogP contribution >= 0.6 is 15.9 Å². The van der Waals surface area contributed by atoms with E-state index in [0.717, 1.165) is 12.1 Å². The first-order valence-electron chi connectivity index (χ1n) is 3.03. The van der Waals surface area contributed by atoms with Crippen LogP contribution < -0.4 is 5.46 Å². The highest BCUT2D eigenvalue weighted by atomic mass is 79.9. The lowest BCUT2D eigenvalue weighted by atomic mass is 9.94. The van der Waals surface area contributed by atoms with E-state index in [1.54, 1.807) is 0 Å². The van der Waals surface area contributed by atoms with Gasteiger partial charge in [0.25, 0.3) is 0 Å². The largest absolute Gasteiger partial charge is 0.416 e. The van der Waals surface area contributed by atoms with Gasteiger partial charge in [0.2, 0.25) is 0 Å². The molecule has 1 rings (SSSR count). The predicted octanol–water partition coefficient (Wildman–Crippen LogP) is 2.26. The van der Waals surface area contributed by atoms with E-state index in [4.69, 9.17) is 7.85 Å². The van der Waals surface area contributed by atoms with Gasteiger partial charge in [-0.15, -0.1) is 0 Å². The molecule has 0 unspecified atom stereocenters. The van der Waals surface area contributed by atoms with Crippen LogP contribution in [-0.2, 0) is 6.18 Å². The van der Waals surface area contributed by atoms with E-state index in [1.807, 2.05) is 0 Å². The van der Waals surface area contributed by atoms with E-state index in [-0.39, 0.29) is 5.46 Å². The van der Waals surface area contributed by atoms with Crippen LogP contribution in [0.15, 0.2) is 22.7 Å². The Bertz CT molecular complexity index is 295. The van der Waals surface area contributed by atoms with Gasteiger partial charge >= 0.3 is 6.18 Å². The van der Waals surface area contributed by atoms with Crippen molar-refractivity contribution in [2.75, 3.05) is 0 Å². The number of rotatable bonds is 0. The summed E-state index contributed by atoms with van der Waals surface area (Å²) in [5, 5.41) is 0. The van der Waals surface area contributed by atoms with Gasteiger partial charge in [-0.25, -0.2) is 0 Å². The summed E-state index contributed by atoms with van der Waals surface area (Å²) in [5.74, 6) is 0. The molecular weight excluding hydrogens is 232 g/mol. The first-order valence-corrected chi connectivity index (χ1v) is 3.83. The van der Waals surface area contributed by atoms with Crippen LogP contribution in [-0.4, -0.2) is 7.85 Å². The molecule has 0 aliphatic heterocycles. The zero-order valence-electron chi connectivity index (χ0n) is 5.82. The molecule has 0 atom stereocenters. The fraction of sp³-hybridized carbons (Fsp3) is 0.143. The summed E-state index contributed by atoms with van der Waals surface area (Å²) in [4.78, 5) is 0. The first-order chi connectivity index (χ1) is 5.41. The number of alkyl halides is 3. The molecule has 0 spiro atoms. The van der Waals surface area contributed by atoms with Gasteiger partial charge in [0, 0.05) is 4.47 Å². The highest BCUT2D eigenvalue weighted by Crippen LogP contribution is 2.28. The Kier molecular flexibility index (Phi) is 2.51. The fourth-order valence-corrected chi connectivity index (χ4v) is 0.967. The number of halogens is 4. The van der Waals surface area contributed by atoms with Gasteiger partial charge in [-0.05, 0) is 12.1 Å². The van der Waals surface area contributed by atoms with E-state index in [1.165, 1.54) is 6.07 Å². The molecule has 5 heteroatoms. The molecule has 0 N–H and O–H groups in total. The van der Waals surface area contributed by atoms with Crippen LogP contribution in [0.4, 0.5) is 13.2 Å². The summed E-state index contributed by atoms with van der Waals surface area (Å²) in [7, 11) is 5.27. The molecule has 0 saturated carbocycles. The van der Waals surface area contributed by atoms with E-state index in [0.29, 0.717) is 4.47 Å². The zero-order chi connectivity index (χ0) is 9.35. The maximum atomic E-state index is 12.0. The average molecular weight is 235 g/mol. The Morgan fingerprint density at radius 3 is 2.25 bits per heavy atom. The summed E-state index contributed by atoms with van der Waals surface area (Å²) in [6, 6.07) is 3.14. The van der Waals surface area contributed by atoms with Crippen molar-refractivity contribution in [1.82, 2.24) is 0 Å². The molecular formula is C7H3BBrF3. The van der Waals surface area contributed by atoms with E-state index < -0.39 is 11.7 Å². The second-order valence-electron chi connectivity index (χ2n) is 2.23. The van der Waals surface area contributed by atoms with Crippen LogP contribution in [0.25, 0.3) is 0 Å². The Morgan fingerprint density at radius 2 is 1.83 bits per heavy atom. The van der Waals surface area contributed by atoms with Crippen molar-refractivity contribution in [3.8, 4) is 0 Å². The maximum Gasteiger partial charge on any atom is 0.416 e. The van der Waals surface area contributed by atoms with Crippen LogP contribution in [0, 0.1) is 0 Å². The monoisotopic (exact) mass is 234 g/mol. The summed E-state index contributed by atoms with van der Waals surface area (Å²) in [5.41, 5.74) is -0.645. The van der Waals surface area contributed by atoms with Gasteiger partial charge in [-0.2, -0.15) is 13.2 Å². The lowest BCUT2D eigenvalue weighted by Gasteiger charge is -2.07. The van der Waals surface area contributed by atoms with Crippen LogP contribution in [0.1, 0.15) is 5.56 Å². The standard InChI is InChI=1S/C7H3BBrF3/c8-5-3-4(7(10,11)12)1-2-6(5)9/h1-3H. The van der Waals surface area contributed by atoms with Crippen molar-refractivity contribution in [3.05, 3.63) is 28.2 Å². The summed E-state index contributed by atoms with van der Waals surface area (Å²) < 4.78 is 36.6. The van der Waals surface area contributed by atoms with Crippen LogP contribution in [0.5, 0.6) is 0 Å². The zero-order valence-corrected chi connectivity index (χ0v) is 7.41. The normalized spacial score (nSPS) is 11.7. The molecule has 62 valence electrons. The van der Waals surface area contributed by atoms with Crippen molar-refractivity contribution < 1.29 is 13.2 Å². The Balaban J connectivity index is 3.14. The van der Waals surface area contributed by atoms with Gasteiger partial charge in [-0.1, -0.05) is 27.5 Å². The minimum Gasteiger partial charge on any atom is -0.166 e. The molecule has 0 aliphatic carbocycles. The lowest BCUT2D eigenvalue weighted by molar-refractivity contribution is -0.137. The maximum absolute atomic E-state index is 12.0. The third-order valence-electron chi connectivity index (χ3n) is 1.32. The second-order valence-corrected chi connectivity index (χ2v) is 3.09. The van der Waals surface area contributed by atoms with Gasteiger partial charge in [0.15, 0.2) is 0 Å². The molecule has 2 radical (unpaired) electrons. The molecule has 0 heterocycles. The third kappa shape index (κ3) is 2.03. The number of hydrogen-bond acceptors (Lipinski definition) is 0. The number of benzene rings is 1. The van der Waals surface area contributed by atoms with E-state index in [2.05, 4.69) is 15.9 Å². The molecule has 0 saturated heterocycles. The quantitative estimate of drug-likeness (QED) is 0.605. The van der Waals surface area contributed by atoms with Crippen LogP contribution in [0.2, 0.25) is 0 Å². The molecule has 0 aliphatic rings. The lowest BCUT2D eigenvalue weighted by Crippen LogP contribution is -2.12. The molecule has 0 aromatic heterocycles.